The molecule has 0 aliphatic rings. The van der Waals surface area contributed by atoms with Crippen molar-refractivity contribution in [2.75, 3.05) is 13.2 Å². The van der Waals surface area contributed by atoms with Crippen molar-refractivity contribution in [3.63, 3.8) is 0 Å². The first kappa shape index (κ1) is 29.7. The molecule has 0 heterocycles. The van der Waals surface area contributed by atoms with Gasteiger partial charge in [0.2, 0.25) is 0 Å². The van der Waals surface area contributed by atoms with Crippen LogP contribution in [0.1, 0.15) is 62.8 Å². The molecule has 4 rings (SSSR count). The monoisotopic (exact) mass is 546 g/mol. The van der Waals surface area contributed by atoms with Gasteiger partial charge in [0, 0.05) is 0 Å². The Kier molecular flexibility index (Phi) is 11.3. The molecule has 2 atom stereocenters. The zero-order chi connectivity index (χ0) is 28.9. The maximum atomic E-state index is 6.06. The Morgan fingerprint density at radius 2 is 0.707 bits per heavy atom. The average Bonchev–Trinajstić information content (AvgIpc) is 3.02. The first-order valence-electron chi connectivity index (χ1n) is 14.7. The second kappa shape index (κ2) is 15.5. The summed E-state index contributed by atoms with van der Waals surface area (Å²) < 4.78 is 17.8. The molecule has 0 aliphatic carbocycles. The lowest BCUT2D eigenvalue weighted by atomic mass is 10.1. The van der Waals surface area contributed by atoms with Gasteiger partial charge < -0.3 is 14.2 Å². The van der Waals surface area contributed by atoms with E-state index in [1.54, 1.807) is 0 Å². The summed E-state index contributed by atoms with van der Waals surface area (Å²) in [7, 11) is 0. The van der Waals surface area contributed by atoms with Gasteiger partial charge in [-0.05, 0) is 82.6 Å². The van der Waals surface area contributed by atoms with E-state index in [9.17, 15) is 0 Å². The SMILES string of the molecule is CCC(C)COc1ccc(/C=C/c2ccc(Oc3ccc(/C=C/c4ccc(OCC(C)CC)cc4)cc3)cc2)cc1. The highest BCUT2D eigenvalue weighted by atomic mass is 16.5. The van der Waals surface area contributed by atoms with Crippen LogP contribution in [0.25, 0.3) is 24.3 Å². The van der Waals surface area contributed by atoms with Gasteiger partial charge in [-0.1, -0.05) is 113 Å². The van der Waals surface area contributed by atoms with Crippen molar-refractivity contribution in [3.05, 3.63) is 119 Å². The maximum absolute atomic E-state index is 6.06. The van der Waals surface area contributed by atoms with E-state index < -0.39 is 0 Å². The zero-order valence-corrected chi connectivity index (χ0v) is 24.8. The summed E-state index contributed by atoms with van der Waals surface area (Å²) >= 11 is 0. The van der Waals surface area contributed by atoms with Crippen molar-refractivity contribution in [2.24, 2.45) is 11.8 Å². The molecule has 41 heavy (non-hydrogen) atoms. The van der Waals surface area contributed by atoms with Crippen LogP contribution in [0, 0.1) is 11.8 Å². The van der Waals surface area contributed by atoms with Crippen molar-refractivity contribution in [2.45, 2.75) is 40.5 Å². The van der Waals surface area contributed by atoms with Gasteiger partial charge in [-0.25, -0.2) is 0 Å². The normalized spacial score (nSPS) is 12.9. The molecule has 0 bridgehead atoms. The molecule has 0 spiro atoms. The largest absolute Gasteiger partial charge is 0.493 e. The Morgan fingerprint density at radius 1 is 0.439 bits per heavy atom. The summed E-state index contributed by atoms with van der Waals surface area (Å²) in [5.41, 5.74) is 4.51. The van der Waals surface area contributed by atoms with Gasteiger partial charge in [0.1, 0.15) is 23.0 Å². The Balaban J connectivity index is 1.25. The Hall–Kier alpha value is -4.24. The lowest BCUT2D eigenvalue weighted by molar-refractivity contribution is 0.256. The number of hydrogen-bond acceptors (Lipinski definition) is 3. The minimum absolute atomic E-state index is 0.567. The topological polar surface area (TPSA) is 27.7 Å². The van der Waals surface area contributed by atoms with Gasteiger partial charge in [0.25, 0.3) is 0 Å². The van der Waals surface area contributed by atoms with Crippen molar-refractivity contribution >= 4 is 24.3 Å². The summed E-state index contributed by atoms with van der Waals surface area (Å²) in [6.45, 7) is 10.3. The van der Waals surface area contributed by atoms with Crippen LogP contribution in [-0.4, -0.2) is 13.2 Å². The van der Waals surface area contributed by atoms with E-state index in [2.05, 4.69) is 101 Å². The second-order valence-electron chi connectivity index (χ2n) is 10.7. The van der Waals surface area contributed by atoms with Crippen LogP contribution < -0.4 is 14.2 Å². The summed E-state index contributed by atoms with van der Waals surface area (Å²) in [6.07, 6.45) is 10.7. The molecule has 0 N–H and O–H groups in total. The van der Waals surface area contributed by atoms with Crippen molar-refractivity contribution in [1.82, 2.24) is 0 Å². The highest BCUT2D eigenvalue weighted by molar-refractivity contribution is 5.71. The van der Waals surface area contributed by atoms with Gasteiger partial charge in [-0.15, -0.1) is 0 Å². The fourth-order valence-corrected chi connectivity index (χ4v) is 3.88. The minimum Gasteiger partial charge on any atom is -0.493 e. The predicted octanol–water partition coefficient (Wildman–Crippen LogP) is 10.7. The lowest BCUT2D eigenvalue weighted by Crippen LogP contribution is -2.06. The predicted molar refractivity (Wildman–Crippen MR) is 174 cm³/mol. The van der Waals surface area contributed by atoms with E-state index in [0.29, 0.717) is 11.8 Å². The van der Waals surface area contributed by atoms with E-state index >= 15 is 0 Å². The van der Waals surface area contributed by atoms with E-state index in [4.69, 9.17) is 14.2 Å². The minimum atomic E-state index is 0.567. The molecule has 0 saturated heterocycles. The first-order chi connectivity index (χ1) is 20.0. The molecule has 3 nitrogen and oxygen atoms in total. The van der Waals surface area contributed by atoms with Gasteiger partial charge in [-0.2, -0.15) is 0 Å². The number of benzene rings is 4. The molecule has 0 fully saturated rings. The average molecular weight is 547 g/mol. The Bertz CT molecular complexity index is 1260. The lowest BCUT2D eigenvalue weighted by Gasteiger charge is -2.10. The van der Waals surface area contributed by atoms with Crippen LogP contribution in [0.15, 0.2) is 97.1 Å². The van der Waals surface area contributed by atoms with Crippen molar-refractivity contribution in [1.29, 1.82) is 0 Å². The third-order valence-corrected chi connectivity index (χ3v) is 7.16. The quantitative estimate of drug-likeness (QED) is 0.147. The van der Waals surface area contributed by atoms with Gasteiger partial charge in [-0.3, -0.25) is 0 Å². The zero-order valence-electron chi connectivity index (χ0n) is 24.8. The molecule has 4 aromatic rings. The molecule has 0 radical (unpaired) electrons. The van der Waals surface area contributed by atoms with Gasteiger partial charge in [0.15, 0.2) is 0 Å². The summed E-state index contributed by atoms with van der Waals surface area (Å²) in [5, 5.41) is 0. The maximum Gasteiger partial charge on any atom is 0.127 e. The van der Waals surface area contributed by atoms with Gasteiger partial charge >= 0.3 is 0 Å². The van der Waals surface area contributed by atoms with Crippen molar-refractivity contribution < 1.29 is 14.2 Å². The van der Waals surface area contributed by atoms with E-state index in [1.807, 2.05) is 48.5 Å². The Labute approximate surface area is 246 Å². The standard InChI is InChI=1S/C38H42O3/c1-5-29(3)27-39-35-19-11-31(12-20-35)7-9-33-15-23-37(24-16-33)41-38-25-17-34(18-26-38)10-8-32-13-21-36(22-14-32)40-28-30(4)6-2/h7-26,29-30H,5-6,27-28H2,1-4H3/b9-7+,10-8+. The first-order valence-corrected chi connectivity index (χ1v) is 14.7. The van der Waals surface area contributed by atoms with Crippen LogP contribution in [0.2, 0.25) is 0 Å². The summed E-state index contributed by atoms with van der Waals surface area (Å²) in [6, 6.07) is 32.7. The fourth-order valence-electron chi connectivity index (χ4n) is 3.88. The van der Waals surface area contributed by atoms with E-state index in [1.165, 1.54) is 0 Å². The number of rotatable bonds is 14. The van der Waals surface area contributed by atoms with Crippen molar-refractivity contribution in [3.8, 4) is 23.0 Å². The smallest absolute Gasteiger partial charge is 0.127 e. The summed E-state index contributed by atoms with van der Waals surface area (Å²) in [5.74, 6) is 4.59. The molecule has 212 valence electrons. The van der Waals surface area contributed by atoms with E-state index in [-0.39, 0.29) is 0 Å². The molecular formula is C38H42O3. The second-order valence-corrected chi connectivity index (χ2v) is 10.7. The van der Waals surface area contributed by atoms with Crippen LogP contribution >= 0.6 is 0 Å². The van der Waals surface area contributed by atoms with Gasteiger partial charge in [0.05, 0.1) is 13.2 Å². The Morgan fingerprint density at radius 3 is 0.976 bits per heavy atom. The molecule has 0 aliphatic heterocycles. The van der Waals surface area contributed by atoms with Crippen LogP contribution in [0.4, 0.5) is 0 Å². The van der Waals surface area contributed by atoms with Crippen LogP contribution in [0.5, 0.6) is 23.0 Å². The third kappa shape index (κ3) is 10.0. The summed E-state index contributed by atoms with van der Waals surface area (Å²) in [4.78, 5) is 0. The molecule has 0 amide bonds. The molecule has 2 unspecified atom stereocenters. The highest BCUT2D eigenvalue weighted by Gasteiger charge is 2.02. The van der Waals surface area contributed by atoms with Crippen LogP contribution in [-0.2, 0) is 0 Å². The highest BCUT2D eigenvalue weighted by Crippen LogP contribution is 2.24. The van der Waals surface area contributed by atoms with Crippen LogP contribution in [0.3, 0.4) is 0 Å². The number of ether oxygens (including phenoxy) is 3. The third-order valence-electron chi connectivity index (χ3n) is 7.16. The fraction of sp³-hybridized carbons (Fsp3) is 0.263. The number of hydrogen-bond donors (Lipinski definition) is 0. The molecular weight excluding hydrogens is 504 g/mol. The molecule has 0 aromatic heterocycles. The molecule has 4 aromatic carbocycles. The van der Waals surface area contributed by atoms with E-state index in [0.717, 1.165) is 71.3 Å². The molecule has 3 heteroatoms. The molecule has 0 saturated carbocycles.